The summed E-state index contributed by atoms with van der Waals surface area (Å²) >= 11 is 5.49. The lowest BCUT2D eigenvalue weighted by Crippen LogP contribution is -2.47. The number of nitroso groups, excluding NO2 is 1. The van der Waals surface area contributed by atoms with Crippen LogP contribution in [-0.2, 0) is 4.74 Å². The van der Waals surface area contributed by atoms with Gasteiger partial charge in [-0.15, -0.1) is 16.5 Å². The number of hydrogen-bond donors (Lipinski definition) is 3. The van der Waals surface area contributed by atoms with Crippen molar-refractivity contribution in [2.75, 3.05) is 19.0 Å². The lowest BCUT2D eigenvalue weighted by Gasteiger charge is -2.20. The molecule has 0 saturated carbocycles. The van der Waals surface area contributed by atoms with E-state index in [0.29, 0.717) is 10.6 Å². The molecule has 2 rings (SSSR count). The van der Waals surface area contributed by atoms with Gasteiger partial charge < -0.3 is 15.2 Å². The SMILES string of the molecule is Cc1cn(C2CC(NC(=O)N(CCCl)N=O)C(CO)O2)c(=O)[nH]c1=O. The Hall–Kier alpha value is -2.24. The fourth-order valence-corrected chi connectivity index (χ4v) is 2.68. The van der Waals surface area contributed by atoms with E-state index in [0.717, 1.165) is 0 Å². The number of aromatic amines is 1. The van der Waals surface area contributed by atoms with E-state index in [-0.39, 0.29) is 18.8 Å². The van der Waals surface area contributed by atoms with Crippen LogP contribution < -0.4 is 16.6 Å². The summed E-state index contributed by atoms with van der Waals surface area (Å²) in [4.78, 5) is 48.2. The maximum Gasteiger partial charge on any atom is 0.340 e. The Morgan fingerprint density at radius 1 is 1.60 bits per heavy atom. The van der Waals surface area contributed by atoms with Gasteiger partial charge in [0, 0.05) is 24.1 Å². The van der Waals surface area contributed by atoms with Crippen molar-refractivity contribution < 1.29 is 14.6 Å². The molecule has 12 heteroatoms. The highest BCUT2D eigenvalue weighted by atomic mass is 35.5. The Balaban J connectivity index is 2.16. The van der Waals surface area contributed by atoms with Gasteiger partial charge in [0.2, 0.25) is 0 Å². The van der Waals surface area contributed by atoms with Gasteiger partial charge in [-0.2, -0.15) is 5.01 Å². The molecule has 3 unspecified atom stereocenters. The van der Waals surface area contributed by atoms with E-state index < -0.39 is 42.3 Å². The van der Waals surface area contributed by atoms with Crippen LogP contribution in [0.1, 0.15) is 18.2 Å². The van der Waals surface area contributed by atoms with Crippen molar-refractivity contribution >= 4 is 17.6 Å². The molecule has 1 saturated heterocycles. The van der Waals surface area contributed by atoms with Gasteiger partial charge in [-0.05, 0) is 6.92 Å². The molecule has 1 aromatic heterocycles. The fraction of sp³-hybridized carbons (Fsp3) is 0.615. The van der Waals surface area contributed by atoms with E-state index in [1.54, 1.807) is 0 Å². The van der Waals surface area contributed by atoms with Gasteiger partial charge in [-0.1, -0.05) is 0 Å². The van der Waals surface area contributed by atoms with Crippen LogP contribution in [0.15, 0.2) is 21.1 Å². The highest BCUT2D eigenvalue weighted by Gasteiger charge is 2.38. The smallest absolute Gasteiger partial charge is 0.340 e. The molecule has 2 heterocycles. The third-order valence-corrected chi connectivity index (χ3v) is 3.98. The molecule has 0 spiro atoms. The van der Waals surface area contributed by atoms with Crippen molar-refractivity contribution in [3.8, 4) is 0 Å². The summed E-state index contributed by atoms with van der Waals surface area (Å²) in [5.74, 6) is 0.0262. The van der Waals surface area contributed by atoms with E-state index in [1.807, 2.05) is 0 Å². The molecule has 1 aliphatic rings. The zero-order valence-corrected chi connectivity index (χ0v) is 14.1. The number of alkyl halides is 1. The van der Waals surface area contributed by atoms with Crippen molar-refractivity contribution in [3.05, 3.63) is 37.5 Å². The topological polar surface area (TPSA) is 146 Å². The number of aliphatic hydroxyl groups excluding tert-OH is 1. The first-order valence-corrected chi connectivity index (χ1v) is 8.00. The Labute approximate surface area is 146 Å². The van der Waals surface area contributed by atoms with Crippen LogP contribution in [0.4, 0.5) is 4.79 Å². The Bertz CT molecular complexity index is 749. The predicted octanol–water partition coefficient (Wildman–Crippen LogP) is -0.575. The highest BCUT2D eigenvalue weighted by molar-refractivity contribution is 6.18. The Morgan fingerprint density at radius 3 is 2.92 bits per heavy atom. The maximum atomic E-state index is 12.0. The zero-order valence-electron chi connectivity index (χ0n) is 13.3. The Morgan fingerprint density at radius 2 is 2.32 bits per heavy atom. The van der Waals surface area contributed by atoms with Crippen LogP contribution in [-0.4, -0.2) is 56.9 Å². The molecule has 1 aromatic rings. The largest absolute Gasteiger partial charge is 0.394 e. The van der Waals surface area contributed by atoms with Crippen molar-refractivity contribution in [1.29, 1.82) is 0 Å². The third kappa shape index (κ3) is 4.24. The number of rotatable bonds is 6. The fourth-order valence-electron chi connectivity index (χ4n) is 2.52. The number of nitrogens with zero attached hydrogens (tertiary/aromatic N) is 3. The van der Waals surface area contributed by atoms with Crippen LogP contribution in [0.25, 0.3) is 0 Å². The number of aryl methyl sites for hydroxylation is 1. The standard InChI is InChI=1S/C13H18ClN5O6/c1-7-5-18(12(22)16-11(7)21)10-4-8(9(6-20)25-10)15-13(23)19(17-24)3-2-14/h5,8-10,20H,2-4,6H2,1H3,(H,15,23)(H,16,21,22). The normalized spacial score (nSPS) is 22.6. The average Bonchev–Trinajstić information content (AvgIpc) is 2.98. The van der Waals surface area contributed by atoms with E-state index >= 15 is 0 Å². The number of carbonyl (C=O) groups is 1. The van der Waals surface area contributed by atoms with Crippen molar-refractivity contribution in [3.63, 3.8) is 0 Å². The number of carbonyl (C=O) groups excluding carboxylic acids is 1. The van der Waals surface area contributed by atoms with Gasteiger partial charge in [0.15, 0.2) is 0 Å². The first-order valence-electron chi connectivity index (χ1n) is 7.47. The molecule has 3 atom stereocenters. The minimum atomic E-state index is -0.795. The molecule has 1 aliphatic heterocycles. The average molecular weight is 376 g/mol. The van der Waals surface area contributed by atoms with Gasteiger partial charge in [0.25, 0.3) is 5.56 Å². The molecule has 3 N–H and O–H groups in total. The number of halogens is 1. The van der Waals surface area contributed by atoms with Crippen molar-refractivity contribution in [2.45, 2.75) is 31.7 Å². The summed E-state index contributed by atoms with van der Waals surface area (Å²) in [7, 11) is 0. The van der Waals surface area contributed by atoms with E-state index in [4.69, 9.17) is 16.3 Å². The zero-order chi connectivity index (χ0) is 18.6. The number of hydrogen-bond acceptors (Lipinski definition) is 7. The quantitative estimate of drug-likeness (QED) is 0.344. The molecule has 0 bridgehead atoms. The van der Waals surface area contributed by atoms with Crippen LogP contribution in [0, 0.1) is 11.8 Å². The number of aromatic nitrogens is 2. The monoisotopic (exact) mass is 375 g/mol. The van der Waals surface area contributed by atoms with E-state index in [2.05, 4.69) is 15.6 Å². The van der Waals surface area contributed by atoms with Crippen molar-refractivity contribution in [1.82, 2.24) is 19.9 Å². The molecular weight excluding hydrogens is 358 g/mol. The summed E-state index contributed by atoms with van der Waals surface area (Å²) in [6.07, 6.45) is -0.0959. The van der Waals surface area contributed by atoms with E-state index in [9.17, 15) is 24.4 Å². The van der Waals surface area contributed by atoms with Gasteiger partial charge in [-0.3, -0.25) is 14.3 Å². The first-order chi connectivity index (χ1) is 11.9. The second kappa shape index (κ2) is 8.23. The number of amides is 2. The molecule has 0 aromatic carbocycles. The molecule has 0 aliphatic carbocycles. The molecule has 25 heavy (non-hydrogen) atoms. The maximum absolute atomic E-state index is 12.0. The minimum Gasteiger partial charge on any atom is -0.394 e. The first kappa shape index (κ1) is 19.1. The van der Waals surface area contributed by atoms with Crippen LogP contribution in [0.5, 0.6) is 0 Å². The molecule has 2 amide bonds. The summed E-state index contributed by atoms with van der Waals surface area (Å²) in [5, 5.41) is 15.2. The number of nitrogens with one attached hydrogen (secondary N) is 2. The van der Waals surface area contributed by atoms with Crippen LogP contribution >= 0.6 is 11.6 Å². The van der Waals surface area contributed by atoms with Crippen LogP contribution in [0.3, 0.4) is 0 Å². The van der Waals surface area contributed by atoms with E-state index in [1.165, 1.54) is 17.7 Å². The van der Waals surface area contributed by atoms with Gasteiger partial charge >= 0.3 is 11.7 Å². The molecule has 1 fully saturated rings. The summed E-state index contributed by atoms with van der Waals surface area (Å²) in [6, 6.07) is -1.45. The number of H-pyrrole nitrogens is 1. The number of urea groups is 1. The lowest BCUT2D eigenvalue weighted by molar-refractivity contribution is -0.0287. The predicted molar refractivity (Wildman–Crippen MR) is 87.2 cm³/mol. The minimum absolute atomic E-state index is 0.0262. The van der Waals surface area contributed by atoms with Crippen molar-refractivity contribution in [2.24, 2.45) is 5.29 Å². The molecule has 138 valence electrons. The molecule has 11 nitrogen and oxygen atoms in total. The highest BCUT2D eigenvalue weighted by Crippen LogP contribution is 2.27. The number of ether oxygens (including phenoxy) is 1. The molecular formula is C13H18ClN5O6. The van der Waals surface area contributed by atoms with Gasteiger partial charge in [-0.25, -0.2) is 9.59 Å². The third-order valence-electron chi connectivity index (χ3n) is 3.81. The lowest BCUT2D eigenvalue weighted by atomic mass is 10.1. The second-order valence-electron chi connectivity index (χ2n) is 5.48. The Kier molecular flexibility index (Phi) is 6.28. The van der Waals surface area contributed by atoms with Gasteiger partial charge in [0.05, 0.1) is 24.5 Å². The summed E-state index contributed by atoms with van der Waals surface area (Å²) < 4.78 is 6.76. The summed E-state index contributed by atoms with van der Waals surface area (Å²) in [6.45, 7) is 1.05. The molecule has 0 radical (unpaired) electrons. The van der Waals surface area contributed by atoms with Crippen LogP contribution in [0.2, 0.25) is 0 Å². The number of aliphatic hydroxyl groups is 1. The second-order valence-corrected chi connectivity index (χ2v) is 5.85. The van der Waals surface area contributed by atoms with Gasteiger partial charge in [0.1, 0.15) is 12.3 Å². The summed E-state index contributed by atoms with van der Waals surface area (Å²) in [5.41, 5.74) is -0.853.